The molecule has 0 aromatic heterocycles. The summed E-state index contributed by atoms with van der Waals surface area (Å²) in [6, 6.07) is 5.20. The van der Waals surface area contributed by atoms with E-state index < -0.39 is 17.8 Å². The summed E-state index contributed by atoms with van der Waals surface area (Å²) in [6.45, 7) is 0. The SMILES string of the molecule is COc1ccc(Br)c(NC(=O)[C@@H]2C[C@@H]2C(=O)O)c1. The second-order valence-corrected chi connectivity index (χ2v) is 4.98. The van der Waals surface area contributed by atoms with Crippen molar-refractivity contribution in [2.24, 2.45) is 11.8 Å². The number of nitrogens with one attached hydrogen (secondary N) is 1. The van der Waals surface area contributed by atoms with Gasteiger partial charge in [-0.15, -0.1) is 0 Å². The number of ether oxygens (including phenoxy) is 1. The first-order valence-corrected chi connectivity index (χ1v) is 6.19. The highest BCUT2D eigenvalue weighted by molar-refractivity contribution is 9.10. The van der Waals surface area contributed by atoms with Crippen LogP contribution in [0.5, 0.6) is 5.75 Å². The van der Waals surface area contributed by atoms with E-state index in [9.17, 15) is 9.59 Å². The van der Waals surface area contributed by atoms with Crippen LogP contribution in [-0.4, -0.2) is 24.1 Å². The quantitative estimate of drug-likeness (QED) is 0.892. The Bertz CT molecular complexity index is 503. The average Bonchev–Trinajstić information content (AvgIpc) is 3.12. The normalized spacial score (nSPS) is 21.2. The van der Waals surface area contributed by atoms with E-state index in [-0.39, 0.29) is 5.91 Å². The van der Waals surface area contributed by atoms with Gasteiger partial charge in [0.25, 0.3) is 0 Å². The van der Waals surface area contributed by atoms with Gasteiger partial charge in [0, 0.05) is 10.5 Å². The van der Waals surface area contributed by atoms with Gasteiger partial charge >= 0.3 is 5.97 Å². The van der Waals surface area contributed by atoms with Crippen molar-refractivity contribution in [3.63, 3.8) is 0 Å². The van der Waals surface area contributed by atoms with E-state index in [2.05, 4.69) is 21.2 Å². The number of carboxylic acids is 1. The molecule has 2 rings (SSSR count). The van der Waals surface area contributed by atoms with E-state index in [1.54, 1.807) is 18.2 Å². The largest absolute Gasteiger partial charge is 0.497 e. The van der Waals surface area contributed by atoms with Crippen molar-refractivity contribution in [1.82, 2.24) is 0 Å². The molecule has 5 nitrogen and oxygen atoms in total. The van der Waals surface area contributed by atoms with E-state index in [1.807, 2.05) is 0 Å². The first kappa shape index (κ1) is 12.9. The van der Waals surface area contributed by atoms with Crippen LogP contribution in [0.15, 0.2) is 22.7 Å². The highest BCUT2D eigenvalue weighted by Crippen LogP contribution is 2.40. The molecule has 0 bridgehead atoms. The maximum absolute atomic E-state index is 11.8. The van der Waals surface area contributed by atoms with E-state index in [4.69, 9.17) is 9.84 Å². The number of carbonyl (C=O) groups excluding carboxylic acids is 1. The number of anilines is 1. The zero-order valence-electron chi connectivity index (χ0n) is 9.64. The number of hydrogen-bond acceptors (Lipinski definition) is 3. The van der Waals surface area contributed by atoms with Crippen LogP contribution in [0, 0.1) is 11.8 Å². The summed E-state index contributed by atoms with van der Waals surface area (Å²) in [5.74, 6) is -1.54. The highest BCUT2D eigenvalue weighted by atomic mass is 79.9. The number of aliphatic carboxylic acids is 1. The minimum atomic E-state index is -0.917. The van der Waals surface area contributed by atoms with Crippen molar-refractivity contribution in [1.29, 1.82) is 0 Å². The Kier molecular flexibility index (Phi) is 3.56. The summed E-state index contributed by atoms with van der Waals surface area (Å²) in [6.07, 6.45) is 0.406. The molecule has 0 spiro atoms. The fourth-order valence-corrected chi connectivity index (χ4v) is 2.06. The van der Waals surface area contributed by atoms with E-state index in [0.717, 1.165) is 4.47 Å². The molecule has 2 atom stereocenters. The third-order valence-corrected chi connectivity index (χ3v) is 3.57. The number of methoxy groups -OCH3 is 1. The van der Waals surface area contributed by atoms with Crippen LogP contribution >= 0.6 is 15.9 Å². The standard InChI is InChI=1S/C12H12BrNO4/c1-18-6-2-3-9(13)10(4-6)14-11(15)7-5-8(7)12(16)17/h2-4,7-8H,5H2,1H3,(H,14,15)(H,16,17)/t7-,8+/m1/s1. The van der Waals surface area contributed by atoms with Crippen molar-refractivity contribution in [2.75, 3.05) is 12.4 Å². The Morgan fingerprint density at radius 3 is 2.72 bits per heavy atom. The summed E-state index contributed by atoms with van der Waals surface area (Å²) in [4.78, 5) is 22.5. The lowest BCUT2D eigenvalue weighted by Gasteiger charge is -2.08. The molecule has 1 aliphatic carbocycles. The molecule has 0 saturated heterocycles. The maximum Gasteiger partial charge on any atom is 0.307 e. The maximum atomic E-state index is 11.8. The number of halogens is 1. The Hall–Kier alpha value is -1.56. The molecule has 1 amide bonds. The molecule has 1 saturated carbocycles. The van der Waals surface area contributed by atoms with Gasteiger partial charge in [-0.2, -0.15) is 0 Å². The molecule has 0 aliphatic heterocycles. The molecule has 0 radical (unpaired) electrons. The van der Waals surface area contributed by atoms with E-state index >= 15 is 0 Å². The predicted molar refractivity (Wildman–Crippen MR) is 68.6 cm³/mol. The summed E-state index contributed by atoms with van der Waals surface area (Å²) >= 11 is 3.32. The monoisotopic (exact) mass is 313 g/mol. The lowest BCUT2D eigenvalue weighted by molar-refractivity contribution is -0.139. The molecular weight excluding hydrogens is 302 g/mol. The van der Waals surface area contributed by atoms with Gasteiger partial charge in [-0.1, -0.05) is 0 Å². The molecule has 6 heteroatoms. The van der Waals surface area contributed by atoms with Crippen LogP contribution in [-0.2, 0) is 9.59 Å². The molecule has 1 fully saturated rings. The van der Waals surface area contributed by atoms with Gasteiger partial charge in [-0.3, -0.25) is 9.59 Å². The van der Waals surface area contributed by atoms with Crippen molar-refractivity contribution in [3.05, 3.63) is 22.7 Å². The lowest BCUT2D eigenvalue weighted by atomic mass is 10.2. The number of benzene rings is 1. The summed E-state index contributed by atoms with van der Waals surface area (Å²) in [5, 5.41) is 11.5. The molecule has 18 heavy (non-hydrogen) atoms. The summed E-state index contributed by atoms with van der Waals surface area (Å²) < 4.78 is 5.79. The van der Waals surface area contributed by atoms with Crippen molar-refractivity contribution < 1.29 is 19.4 Å². The molecule has 0 unspecified atom stereocenters. The van der Waals surface area contributed by atoms with Gasteiger partial charge in [0.05, 0.1) is 24.6 Å². The van der Waals surface area contributed by atoms with Crippen LogP contribution in [0.4, 0.5) is 5.69 Å². The van der Waals surface area contributed by atoms with Crippen molar-refractivity contribution in [3.8, 4) is 5.75 Å². The van der Waals surface area contributed by atoms with Crippen LogP contribution < -0.4 is 10.1 Å². The third kappa shape index (κ3) is 2.64. The first-order chi connectivity index (χ1) is 8.52. The van der Waals surface area contributed by atoms with Gasteiger partial charge < -0.3 is 15.2 Å². The Balaban J connectivity index is 2.06. The smallest absolute Gasteiger partial charge is 0.307 e. The second kappa shape index (κ2) is 4.97. The number of carboxylic acid groups (broad SMARTS) is 1. The fraction of sp³-hybridized carbons (Fsp3) is 0.333. The minimum absolute atomic E-state index is 0.267. The van der Waals surface area contributed by atoms with Crippen LogP contribution in [0.2, 0.25) is 0 Å². The van der Waals surface area contributed by atoms with E-state index in [0.29, 0.717) is 17.9 Å². The Morgan fingerprint density at radius 1 is 1.44 bits per heavy atom. The van der Waals surface area contributed by atoms with Crippen LogP contribution in [0.1, 0.15) is 6.42 Å². The summed E-state index contributed by atoms with van der Waals surface area (Å²) in [5.41, 5.74) is 0.579. The van der Waals surface area contributed by atoms with Gasteiger partial charge in [-0.25, -0.2) is 0 Å². The number of hydrogen-bond donors (Lipinski definition) is 2. The molecular formula is C12H12BrNO4. The van der Waals surface area contributed by atoms with Gasteiger partial charge in [0.2, 0.25) is 5.91 Å². The zero-order chi connectivity index (χ0) is 13.3. The van der Waals surface area contributed by atoms with Gasteiger partial charge in [0.1, 0.15) is 5.75 Å². The van der Waals surface area contributed by atoms with Crippen molar-refractivity contribution >= 4 is 33.5 Å². The van der Waals surface area contributed by atoms with Crippen LogP contribution in [0.3, 0.4) is 0 Å². The summed E-state index contributed by atoms with van der Waals surface area (Å²) in [7, 11) is 1.54. The van der Waals surface area contributed by atoms with Crippen LogP contribution in [0.25, 0.3) is 0 Å². The average molecular weight is 314 g/mol. The lowest BCUT2D eigenvalue weighted by Crippen LogP contribution is -2.17. The number of amides is 1. The minimum Gasteiger partial charge on any atom is -0.497 e. The molecule has 1 aliphatic rings. The number of rotatable bonds is 4. The molecule has 96 valence electrons. The van der Waals surface area contributed by atoms with Crippen molar-refractivity contribution in [2.45, 2.75) is 6.42 Å². The zero-order valence-corrected chi connectivity index (χ0v) is 11.2. The molecule has 0 heterocycles. The molecule has 2 N–H and O–H groups in total. The Morgan fingerprint density at radius 2 is 2.17 bits per heavy atom. The van der Waals surface area contributed by atoms with Gasteiger partial charge in [0.15, 0.2) is 0 Å². The predicted octanol–water partition coefficient (Wildman–Crippen LogP) is 2.12. The highest BCUT2D eigenvalue weighted by Gasteiger charge is 2.48. The van der Waals surface area contributed by atoms with Gasteiger partial charge in [-0.05, 0) is 34.5 Å². The van der Waals surface area contributed by atoms with E-state index in [1.165, 1.54) is 7.11 Å². The fourth-order valence-electron chi connectivity index (χ4n) is 1.71. The Labute approximate surface area is 112 Å². The first-order valence-electron chi connectivity index (χ1n) is 5.40. The molecule has 1 aromatic rings. The second-order valence-electron chi connectivity index (χ2n) is 4.12. The third-order valence-electron chi connectivity index (χ3n) is 2.88. The number of carbonyl (C=O) groups is 2. The molecule has 1 aromatic carbocycles. The topological polar surface area (TPSA) is 75.6 Å².